The normalized spacial score (nSPS) is 12.0. The van der Waals surface area contributed by atoms with Gasteiger partial charge in [-0.15, -0.1) is 0 Å². The molecule has 2 rings (SSSR count). The summed E-state index contributed by atoms with van der Waals surface area (Å²) in [5, 5.41) is 0.853. The van der Waals surface area contributed by atoms with Crippen LogP contribution in [0.5, 0.6) is 0 Å². The fraction of sp³-hybridized carbons (Fsp3) is 0.133. The highest BCUT2D eigenvalue weighted by molar-refractivity contribution is 6.34. The number of rotatable bonds is 4. The molecule has 0 amide bonds. The third-order valence-electron chi connectivity index (χ3n) is 2.96. The topological polar surface area (TPSA) is 52.3 Å². The molecule has 1 unspecified atom stereocenters. The summed E-state index contributed by atoms with van der Waals surface area (Å²) < 4.78 is 4.93. The fourth-order valence-corrected chi connectivity index (χ4v) is 2.75. The van der Waals surface area contributed by atoms with Crippen LogP contribution in [-0.2, 0) is 9.53 Å². The van der Waals surface area contributed by atoms with Crippen molar-refractivity contribution in [2.75, 3.05) is 11.8 Å². The molecule has 0 saturated carbocycles. The first-order valence-corrected chi connectivity index (χ1v) is 7.35. The Labute approximate surface area is 137 Å². The van der Waals surface area contributed by atoms with Crippen molar-refractivity contribution in [3.63, 3.8) is 0 Å². The largest absolute Gasteiger partial charge is 0.449 e. The minimum absolute atomic E-state index is 0.240. The fourth-order valence-electron chi connectivity index (χ4n) is 2.10. The van der Waals surface area contributed by atoms with Gasteiger partial charge in [0.25, 0.3) is 0 Å². The number of nitrogens with two attached hydrogens (primary N) is 1. The van der Waals surface area contributed by atoms with Gasteiger partial charge in [-0.3, -0.25) is 4.79 Å². The number of carbonyl (C=O) groups is 1. The van der Waals surface area contributed by atoms with E-state index in [1.165, 1.54) is 0 Å². The zero-order valence-corrected chi connectivity index (χ0v) is 13.1. The average molecular weight is 345 g/mol. The van der Waals surface area contributed by atoms with E-state index in [1.54, 1.807) is 42.5 Å². The lowest BCUT2D eigenvalue weighted by molar-refractivity contribution is -0.142. The van der Waals surface area contributed by atoms with Crippen molar-refractivity contribution in [2.24, 2.45) is 0 Å². The van der Waals surface area contributed by atoms with Gasteiger partial charge in [0.05, 0.1) is 0 Å². The first kappa shape index (κ1) is 16.0. The zero-order valence-electron chi connectivity index (χ0n) is 10.9. The Kier molecular flexibility index (Phi) is 5.34. The van der Waals surface area contributed by atoms with Gasteiger partial charge in [-0.05, 0) is 35.4 Å². The van der Waals surface area contributed by atoms with Crippen molar-refractivity contribution < 1.29 is 9.53 Å². The molecule has 110 valence electrons. The van der Waals surface area contributed by atoms with E-state index >= 15 is 0 Å². The molecule has 2 aromatic carbocycles. The van der Waals surface area contributed by atoms with Gasteiger partial charge in [0.15, 0.2) is 6.07 Å². The maximum absolute atomic E-state index is 12.3. The molecule has 3 nitrogen and oxygen atoms in total. The Balaban J connectivity index is 2.56. The molecule has 1 atom stereocenters. The van der Waals surface area contributed by atoms with E-state index in [0.717, 1.165) is 0 Å². The molecule has 0 radical (unpaired) electrons. The Morgan fingerprint density at radius 2 is 1.76 bits per heavy atom. The highest BCUT2D eigenvalue weighted by Crippen LogP contribution is 2.33. The Hall–Kier alpha value is -1.42. The molecule has 2 aromatic rings. The molecule has 0 bridgehead atoms. The van der Waals surface area contributed by atoms with Gasteiger partial charge in [-0.2, -0.15) is 0 Å². The lowest BCUT2D eigenvalue weighted by Gasteiger charge is -2.18. The van der Waals surface area contributed by atoms with Gasteiger partial charge in [0, 0.05) is 15.7 Å². The summed E-state index contributed by atoms with van der Waals surface area (Å²) in [5.41, 5.74) is 7.65. The Morgan fingerprint density at radius 3 is 2.33 bits per heavy atom. The number of benzene rings is 2. The molecule has 0 aliphatic carbocycles. The van der Waals surface area contributed by atoms with Crippen molar-refractivity contribution >= 4 is 46.5 Å². The summed E-state index contributed by atoms with van der Waals surface area (Å²) in [6.07, 6.45) is 0. The molecular formula is C15H12Cl3NO2. The number of carbonyl (C=O) groups excluding carboxylic acids is 1. The predicted molar refractivity (Wildman–Crippen MR) is 86.0 cm³/mol. The first-order chi connectivity index (χ1) is 10.0. The van der Waals surface area contributed by atoms with Crippen molar-refractivity contribution in [3.05, 3.63) is 63.6 Å². The molecule has 0 fully saturated rings. The number of hydrogen-bond acceptors (Lipinski definition) is 3. The smallest absolute Gasteiger partial charge is 0.319 e. The molecule has 0 aliphatic rings. The van der Waals surface area contributed by atoms with E-state index in [1.807, 2.05) is 0 Å². The molecule has 2 N–H and O–H groups in total. The summed E-state index contributed by atoms with van der Waals surface area (Å²) in [6.45, 7) is 0. The third kappa shape index (κ3) is 3.82. The number of para-hydroxylation sites is 1. The number of esters is 1. The molecule has 0 aromatic heterocycles. The van der Waals surface area contributed by atoms with E-state index in [-0.39, 0.29) is 6.07 Å². The number of anilines is 1. The van der Waals surface area contributed by atoms with E-state index in [9.17, 15) is 4.79 Å². The molecule has 21 heavy (non-hydrogen) atoms. The summed E-state index contributed by atoms with van der Waals surface area (Å²) in [5.74, 6) is -1.25. The number of alkyl halides is 1. The molecule has 0 spiro atoms. The molecule has 6 heteroatoms. The monoisotopic (exact) mass is 343 g/mol. The van der Waals surface area contributed by atoms with E-state index in [0.29, 0.717) is 26.9 Å². The lowest BCUT2D eigenvalue weighted by Crippen LogP contribution is -2.18. The van der Waals surface area contributed by atoms with Crippen molar-refractivity contribution in [1.82, 2.24) is 0 Å². The second-order valence-corrected chi connectivity index (χ2v) is 5.43. The maximum Gasteiger partial charge on any atom is 0.319 e. The summed E-state index contributed by atoms with van der Waals surface area (Å²) in [6, 6.07) is 11.7. The van der Waals surface area contributed by atoms with Crippen LogP contribution in [0.3, 0.4) is 0 Å². The standard InChI is InChI=1S/C15H12Cl3NO2/c16-8-21-15(20)14(12-3-1-2-4-13(12)19)9-5-10(17)7-11(18)6-9/h1-7,14H,8,19H2. The second kappa shape index (κ2) is 7.03. The van der Waals surface area contributed by atoms with Gasteiger partial charge >= 0.3 is 5.97 Å². The zero-order chi connectivity index (χ0) is 15.4. The molecule has 0 aliphatic heterocycles. The molecule has 0 saturated heterocycles. The van der Waals surface area contributed by atoms with Gasteiger partial charge < -0.3 is 10.5 Å². The summed E-state index contributed by atoms with van der Waals surface area (Å²) in [7, 11) is 0. The van der Waals surface area contributed by atoms with Gasteiger partial charge in [0.2, 0.25) is 0 Å². The summed E-state index contributed by atoms with van der Waals surface area (Å²) >= 11 is 17.5. The van der Waals surface area contributed by atoms with Crippen molar-refractivity contribution in [3.8, 4) is 0 Å². The SMILES string of the molecule is Nc1ccccc1C(C(=O)OCCl)c1cc(Cl)cc(Cl)c1. The van der Waals surface area contributed by atoms with Gasteiger partial charge in [-0.25, -0.2) is 0 Å². The van der Waals surface area contributed by atoms with Crippen LogP contribution in [0.15, 0.2) is 42.5 Å². The first-order valence-electron chi connectivity index (χ1n) is 6.06. The van der Waals surface area contributed by atoms with Crippen LogP contribution in [0.4, 0.5) is 5.69 Å². The second-order valence-electron chi connectivity index (χ2n) is 4.34. The minimum atomic E-state index is -0.735. The maximum atomic E-state index is 12.3. The number of ether oxygens (including phenoxy) is 1. The number of halogens is 3. The van der Waals surface area contributed by atoms with Crippen LogP contribution in [0, 0.1) is 0 Å². The minimum Gasteiger partial charge on any atom is -0.449 e. The summed E-state index contributed by atoms with van der Waals surface area (Å²) in [4.78, 5) is 12.3. The van der Waals surface area contributed by atoms with E-state index in [4.69, 9.17) is 45.3 Å². The average Bonchev–Trinajstić information content (AvgIpc) is 2.40. The molecular weight excluding hydrogens is 333 g/mol. The lowest BCUT2D eigenvalue weighted by atomic mass is 9.90. The van der Waals surface area contributed by atoms with Crippen LogP contribution in [0.25, 0.3) is 0 Å². The Morgan fingerprint density at radius 1 is 1.14 bits per heavy atom. The Bertz CT molecular complexity index is 641. The van der Waals surface area contributed by atoms with Crippen molar-refractivity contribution in [2.45, 2.75) is 5.92 Å². The van der Waals surface area contributed by atoms with Crippen LogP contribution >= 0.6 is 34.8 Å². The van der Waals surface area contributed by atoms with Crippen LogP contribution in [-0.4, -0.2) is 12.0 Å². The van der Waals surface area contributed by atoms with Crippen LogP contribution in [0.1, 0.15) is 17.0 Å². The van der Waals surface area contributed by atoms with Crippen LogP contribution in [0.2, 0.25) is 10.0 Å². The van der Waals surface area contributed by atoms with Crippen molar-refractivity contribution in [1.29, 1.82) is 0 Å². The van der Waals surface area contributed by atoms with E-state index < -0.39 is 11.9 Å². The number of hydrogen-bond donors (Lipinski definition) is 1. The number of nitrogen functional groups attached to an aromatic ring is 1. The highest BCUT2D eigenvalue weighted by atomic mass is 35.5. The molecule has 0 heterocycles. The van der Waals surface area contributed by atoms with E-state index in [2.05, 4.69) is 0 Å². The van der Waals surface area contributed by atoms with Gasteiger partial charge in [-0.1, -0.05) is 53.0 Å². The third-order valence-corrected chi connectivity index (χ3v) is 3.50. The predicted octanol–water partition coefficient (Wildman–Crippen LogP) is 4.45. The quantitative estimate of drug-likeness (QED) is 0.506. The highest BCUT2D eigenvalue weighted by Gasteiger charge is 2.26. The van der Waals surface area contributed by atoms with Crippen LogP contribution < -0.4 is 5.73 Å². The van der Waals surface area contributed by atoms with Gasteiger partial charge in [0.1, 0.15) is 5.92 Å².